The molecule has 0 aromatic heterocycles. The fourth-order valence-electron chi connectivity index (χ4n) is 3.35. The third kappa shape index (κ3) is 2.94. The number of ether oxygens (including phenoxy) is 3. The van der Waals surface area contributed by atoms with Crippen LogP contribution >= 0.6 is 0 Å². The topological polar surface area (TPSA) is 78.9 Å². The molecule has 6 nitrogen and oxygen atoms in total. The summed E-state index contributed by atoms with van der Waals surface area (Å²) in [5.41, 5.74) is -0.604. The summed E-state index contributed by atoms with van der Waals surface area (Å²) in [5, 5.41) is 0.693. The van der Waals surface area contributed by atoms with Gasteiger partial charge in [0.05, 0.1) is 21.3 Å². The van der Waals surface area contributed by atoms with Gasteiger partial charge in [-0.05, 0) is 25.8 Å². The SMILES string of the molecule is CCOC(=O)C1(C(=O)OCC)CC2=C([Si](C)(C)C)C(=O)OC2C1. The van der Waals surface area contributed by atoms with Crippen LogP contribution in [0.4, 0.5) is 0 Å². The van der Waals surface area contributed by atoms with Crippen molar-refractivity contribution in [1.82, 2.24) is 0 Å². The van der Waals surface area contributed by atoms with Crippen LogP contribution in [0.3, 0.4) is 0 Å². The monoisotopic (exact) mass is 340 g/mol. The van der Waals surface area contributed by atoms with Crippen LogP contribution in [0.15, 0.2) is 10.8 Å². The van der Waals surface area contributed by atoms with Gasteiger partial charge in [-0.2, -0.15) is 0 Å². The second-order valence-electron chi connectivity index (χ2n) is 6.95. The molecule has 1 unspecified atom stereocenters. The fraction of sp³-hybridized carbons (Fsp3) is 0.688. The number of hydrogen-bond donors (Lipinski definition) is 0. The Bertz CT molecular complexity index is 554. The molecule has 0 saturated heterocycles. The van der Waals surface area contributed by atoms with Gasteiger partial charge in [-0.1, -0.05) is 19.6 Å². The Hall–Kier alpha value is -1.63. The van der Waals surface area contributed by atoms with Crippen LogP contribution in [0.5, 0.6) is 0 Å². The smallest absolute Gasteiger partial charge is 0.330 e. The first-order valence-corrected chi connectivity index (χ1v) is 11.5. The highest BCUT2D eigenvalue weighted by Crippen LogP contribution is 2.50. The Labute approximate surface area is 137 Å². The predicted molar refractivity (Wildman–Crippen MR) is 85.2 cm³/mol. The summed E-state index contributed by atoms with van der Waals surface area (Å²) >= 11 is 0. The van der Waals surface area contributed by atoms with E-state index in [1.165, 1.54) is 0 Å². The van der Waals surface area contributed by atoms with Crippen LogP contribution in [0.2, 0.25) is 19.6 Å². The zero-order valence-corrected chi connectivity index (χ0v) is 15.4. The highest BCUT2D eigenvalue weighted by molar-refractivity contribution is 6.87. The van der Waals surface area contributed by atoms with E-state index in [0.29, 0.717) is 5.20 Å². The maximum atomic E-state index is 12.5. The Morgan fingerprint density at radius 3 is 2.13 bits per heavy atom. The van der Waals surface area contributed by atoms with Gasteiger partial charge in [0.2, 0.25) is 0 Å². The maximum absolute atomic E-state index is 12.5. The van der Waals surface area contributed by atoms with Crippen LogP contribution in [0, 0.1) is 5.41 Å². The number of fused-ring (bicyclic) bond motifs is 1. The first-order valence-electron chi connectivity index (χ1n) is 7.96. The van der Waals surface area contributed by atoms with Crippen LogP contribution in [0.1, 0.15) is 26.7 Å². The highest BCUT2D eigenvalue weighted by Gasteiger charge is 2.60. The van der Waals surface area contributed by atoms with Crippen molar-refractivity contribution in [2.45, 2.75) is 52.4 Å². The molecule has 23 heavy (non-hydrogen) atoms. The van der Waals surface area contributed by atoms with Gasteiger partial charge in [-0.25, -0.2) is 4.79 Å². The van der Waals surface area contributed by atoms with Crippen molar-refractivity contribution in [3.05, 3.63) is 10.8 Å². The van der Waals surface area contributed by atoms with Crippen LogP contribution in [0.25, 0.3) is 0 Å². The van der Waals surface area contributed by atoms with E-state index in [2.05, 4.69) is 0 Å². The molecule has 1 saturated carbocycles. The molecule has 1 aliphatic heterocycles. The Kier molecular flexibility index (Phi) is 4.70. The lowest BCUT2D eigenvalue weighted by molar-refractivity contribution is -0.173. The molecular formula is C16H24O6Si. The van der Waals surface area contributed by atoms with E-state index in [1.54, 1.807) is 13.8 Å². The van der Waals surface area contributed by atoms with E-state index in [4.69, 9.17) is 14.2 Å². The summed E-state index contributed by atoms with van der Waals surface area (Å²) in [5.74, 6) is -1.48. The van der Waals surface area contributed by atoms with Gasteiger partial charge in [0.1, 0.15) is 6.10 Å². The molecule has 0 N–H and O–H groups in total. The van der Waals surface area contributed by atoms with E-state index in [9.17, 15) is 14.4 Å². The summed E-state index contributed by atoms with van der Waals surface area (Å²) < 4.78 is 15.7. The van der Waals surface area contributed by atoms with Crippen molar-refractivity contribution in [3.63, 3.8) is 0 Å². The van der Waals surface area contributed by atoms with E-state index >= 15 is 0 Å². The molecule has 2 rings (SSSR count). The molecule has 1 aliphatic carbocycles. The van der Waals surface area contributed by atoms with E-state index < -0.39 is 31.5 Å². The molecule has 2 aliphatic rings. The van der Waals surface area contributed by atoms with Crippen LogP contribution in [-0.4, -0.2) is 45.3 Å². The summed E-state index contributed by atoms with van der Waals surface area (Å²) in [4.78, 5) is 37.1. The minimum absolute atomic E-state index is 0.111. The quantitative estimate of drug-likeness (QED) is 0.330. The van der Waals surface area contributed by atoms with Crippen molar-refractivity contribution in [1.29, 1.82) is 0 Å². The van der Waals surface area contributed by atoms with Gasteiger partial charge >= 0.3 is 17.9 Å². The summed E-state index contributed by atoms with van der Waals surface area (Å²) in [6.45, 7) is 9.91. The number of carbonyl (C=O) groups is 3. The van der Waals surface area contributed by atoms with Gasteiger partial charge in [-0.15, -0.1) is 0 Å². The van der Waals surface area contributed by atoms with Gasteiger partial charge < -0.3 is 14.2 Å². The third-order valence-electron chi connectivity index (χ3n) is 4.27. The summed E-state index contributed by atoms with van der Waals surface area (Å²) in [7, 11) is -1.94. The molecule has 1 heterocycles. The van der Waals surface area contributed by atoms with Crippen molar-refractivity contribution in [3.8, 4) is 0 Å². The summed E-state index contributed by atoms with van der Waals surface area (Å²) in [6, 6.07) is 0. The molecule has 0 spiro atoms. The zero-order valence-electron chi connectivity index (χ0n) is 14.4. The molecule has 0 aromatic carbocycles. The van der Waals surface area contributed by atoms with Crippen LogP contribution in [-0.2, 0) is 28.6 Å². The molecule has 1 atom stereocenters. The predicted octanol–water partition coefficient (Wildman–Crippen LogP) is 1.99. The molecular weight excluding hydrogens is 316 g/mol. The molecule has 7 heteroatoms. The number of rotatable bonds is 5. The lowest BCUT2D eigenvalue weighted by Crippen LogP contribution is -2.41. The second kappa shape index (κ2) is 6.11. The second-order valence-corrected chi connectivity index (χ2v) is 11.9. The fourth-order valence-corrected chi connectivity index (χ4v) is 5.24. The number of hydrogen-bond acceptors (Lipinski definition) is 6. The lowest BCUT2D eigenvalue weighted by atomic mass is 9.85. The number of esters is 3. The van der Waals surface area contributed by atoms with Crippen molar-refractivity contribution in [2.24, 2.45) is 5.41 Å². The molecule has 128 valence electrons. The average Bonchev–Trinajstić information content (AvgIpc) is 2.91. The van der Waals surface area contributed by atoms with Gasteiger partial charge in [0.25, 0.3) is 0 Å². The zero-order chi connectivity index (χ0) is 17.4. The lowest BCUT2D eigenvalue weighted by Gasteiger charge is -2.25. The molecule has 0 aromatic rings. The molecule has 0 amide bonds. The Morgan fingerprint density at radius 2 is 1.70 bits per heavy atom. The minimum Gasteiger partial charge on any atom is -0.465 e. The average molecular weight is 340 g/mol. The first kappa shape index (κ1) is 17.7. The van der Waals surface area contributed by atoms with E-state index in [-0.39, 0.29) is 32.0 Å². The first-order chi connectivity index (χ1) is 10.7. The van der Waals surface area contributed by atoms with Gasteiger partial charge in [0, 0.05) is 11.6 Å². The highest BCUT2D eigenvalue weighted by atomic mass is 28.3. The molecule has 0 bridgehead atoms. The standard InChI is InChI=1S/C16H24O6Si/c1-6-20-14(18)16(15(19)21-7-2)8-10-11(9-16)22-13(17)12(10)23(3,4)5/h11H,6-9H2,1-5H3. The molecule has 1 fully saturated rings. The largest absolute Gasteiger partial charge is 0.465 e. The maximum Gasteiger partial charge on any atom is 0.330 e. The summed E-state index contributed by atoms with van der Waals surface area (Å²) in [6.07, 6.45) is -0.251. The Morgan fingerprint density at radius 1 is 1.17 bits per heavy atom. The van der Waals surface area contributed by atoms with Gasteiger partial charge in [-0.3, -0.25) is 9.59 Å². The van der Waals surface area contributed by atoms with E-state index in [0.717, 1.165) is 5.57 Å². The van der Waals surface area contributed by atoms with Crippen molar-refractivity contribution >= 4 is 26.0 Å². The van der Waals surface area contributed by atoms with Crippen LogP contribution < -0.4 is 0 Å². The minimum atomic E-state index is -1.94. The third-order valence-corrected chi connectivity index (χ3v) is 6.30. The normalized spacial score (nSPS) is 22.7. The van der Waals surface area contributed by atoms with E-state index in [1.807, 2.05) is 19.6 Å². The number of carbonyl (C=O) groups excluding carboxylic acids is 3. The van der Waals surface area contributed by atoms with Crippen molar-refractivity contribution in [2.75, 3.05) is 13.2 Å². The Balaban J connectivity index is 2.46. The molecule has 0 radical (unpaired) electrons. The van der Waals surface area contributed by atoms with Gasteiger partial charge in [0.15, 0.2) is 5.41 Å². The van der Waals surface area contributed by atoms with Crippen molar-refractivity contribution < 1.29 is 28.6 Å².